The molecule has 3 N–H and O–H groups in total. The zero-order valence-electron chi connectivity index (χ0n) is 9.46. The molecule has 0 saturated carbocycles. The normalized spacial score (nSPS) is 14.4. The van der Waals surface area contributed by atoms with Gasteiger partial charge in [0.2, 0.25) is 5.91 Å². The van der Waals surface area contributed by atoms with Crippen molar-refractivity contribution in [3.8, 4) is 0 Å². The van der Waals surface area contributed by atoms with E-state index >= 15 is 0 Å². The SMILES string of the molecule is NCCCCc1cccc2c1NC(=O)CC2. The first-order valence-electron chi connectivity index (χ1n) is 5.92. The Labute approximate surface area is 96.0 Å². The van der Waals surface area contributed by atoms with Crippen molar-refractivity contribution in [3.05, 3.63) is 29.3 Å². The molecule has 0 fully saturated rings. The maximum Gasteiger partial charge on any atom is 0.224 e. The zero-order chi connectivity index (χ0) is 11.4. The second-order valence-electron chi connectivity index (χ2n) is 4.25. The molecule has 0 aromatic heterocycles. The second kappa shape index (κ2) is 5.12. The van der Waals surface area contributed by atoms with E-state index in [4.69, 9.17) is 5.73 Å². The molecule has 0 bridgehead atoms. The summed E-state index contributed by atoms with van der Waals surface area (Å²) >= 11 is 0. The molecule has 0 radical (unpaired) electrons. The van der Waals surface area contributed by atoms with Gasteiger partial charge in [0, 0.05) is 12.1 Å². The van der Waals surface area contributed by atoms with Gasteiger partial charge in [0.1, 0.15) is 0 Å². The van der Waals surface area contributed by atoms with Gasteiger partial charge in [-0.25, -0.2) is 0 Å². The third kappa shape index (κ3) is 2.42. The molecule has 3 nitrogen and oxygen atoms in total. The lowest BCUT2D eigenvalue weighted by Gasteiger charge is -2.20. The van der Waals surface area contributed by atoms with Gasteiger partial charge in [0.25, 0.3) is 0 Å². The van der Waals surface area contributed by atoms with Gasteiger partial charge in [0.05, 0.1) is 0 Å². The summed E-state index contributed by atoms with van der Waals surface area (Å²) in [5.74, 6) is 0.138. The Morgan fingerprint density at radius 1 is 1.25 bits per heavy atom. The van der Waals surface area contributed by atoms with Crippen molar-refractivity contribution < 1.29 is 4.79 Å². The van der Waals surface area contributed by atoms with E-state index in [-0.39, 0.29) is 5.91 Å². The van der Waals surface area contributed by atoms with Crippen molar-refractivity contribution in [1.82, 2.24) is 0 Å². The molecule has 86 valence electrons. The highest BCUT2D eigenvalue weighted by atomic mass is 16.1. The maximum absolute atomic E-state index is 11.4. The highest BCUT2D eigenvalue weighted by molar-refractivity contribution is 5.94. The zero-order valence-corrected chi connectivity index (χ0v) is 9.46. The Morgan fingerprint density at radius 2 is 2.12 bits per heavy atom. The predicted octanol–water partition coefficient (Wildman–Crippen LogP) is 1.85. The number of rotatable bonds is 4. The summed E-state index contributed by atoms with van der Waals surface area (Å²) < 4.78 is 0. The summed E-state index contributed by atoms with van der Waals surface area (Å²) in [4.78, 5) is 11.4. The van der Waals surface area contributed by atoms with Gasteiger partial charge in [0.15, 0.2) is 0 Å². The predicted molar refractivity (Wildman–Crippen MR) is 65.4 cm³/mol. The van der Waals surface area contributed by atoms with E-state index < -0.39 is 0 Å². The lowest BCUT2D eigenvalue weighted by molar-refractivity contribution is -0.116. The highest BCUT2D eigenvalue weighted by Crippen LogP contribution is 2.27. The fourth-order valence-electron chi connectivity index (χ4n) is 2.14. The highest BCUT2D eigenvalue weighted by Gasteiger charge is 2.16. The number of unbranched alkanes of at least 4 members (excludes halogenated alkanes) is 1. The Balaban J connectivity index is 2.15. The molecule has 1 aliphatic rings. The average molecular weight is 218 g/mol. The van der Waals surface area contributed by atoms with E-state index in [1.165, 1.54) is 11.1 Å². The number of para-hydroxylation sites is 1. The van der Waals surface area contributed by atoms with Crippen molar-refractivity contribution in [2.24, 2.45) is 5.73 Å². The van der Waals surface area contributed by atoms with Gasteiger partial charge < -0.3 is 11.1 Å². The third-order valence-electron chi connectivity index (χ3n) is 3.02. The van der Waals surface area contributed by atoms with Gasteiger partial charge in [-0.2, -0.15) is 0 Å². The Kier molecular flexibility index (Phi) is 3.57. The lowest BCUT2D eigenvalue weighted by Crippen LogP contribution is -2.20. The smallest absolute Gasteiger partial charge is 0.224 e. The number of carbonyl (C=O) groups is 1. The minimum Gasteiger partial charge on any atom is -0.330 e. The Bertz CT molecular complexity index is 388. The summed E-state index contributed by atoms with van der Waals surface area (Å²) in [6.07, 6.45) is 4.60. The molecule has 2 rings (SSSR count). The number of amides is 1. The number of nitrogens with two attached hydrogens (primary N) is 1. The number of hydrogen-bond acceptors (Lipinski definition) is 2. The number of carbonyl (C=O) groups excluding carboxylic acids is 1. The van der Waals surface area contributed by atoms with Crippen LogP contribution in [0, 0.1) is 0 Å². The van der Waals surface area contributed by atoms with Crippen LogP contribution < -0.4 is 11.1 Å². The maximum atomic E-state index is 11.4. The Morgan fingerprint density at radius 3 is 2.94 bits per heavy atom. The van der Waals surface area contributed by atoms with Crippen molar-refractivity contribution in [3.63, 3.8) is 0 Å². The molecule has 0 spiro atoms. The Hall–Kier alpha value is -1.35. The number of anilines is 1. The van der Waals surface area contributed by atoms with Crippen molar-refractivity contribution >= 4 is 11.6 Å². The number of aryl methyl sites for hydroxylation is 2. The minimum atomic E-state index is 0.138. The fraction of sp³-hybridized carbons (Fsp3) is 0.462. The summed E-state index contributed by atoms with van der Waals surface area (Å²) in [6, 6.07) is 6.27. The molecule has 3 heteroatoms. The summed E-state index contributed by atoms with van der Waals surface area (Å²) in [6.45, 7) is 0.737. The minimum absolute atomic E-state index is 0.138. The van der Waals surface area contributed by atoms with Crippen LogP contribution in [0.3, 0.4) is 0 Å². The molecular weight excluding hydrogens is 200 g/mol. The van der Waals surface area contributed by atoms with Crippen LogP contribution in [0.1, 0.15) is 30.4 Å². The number of hydrogen-bond donors (Lipinski definition) is 2. The van der Waals surface area contributed by atoms with Crippen LogP contribution in [0.4, 0.5) is 5.69 Å². The van der Waals surface area contributed by atoms with E-state index in [1.54, 1.807) is 0 Å². The average Bonchev–Trinajstić information content (AvgIpc) is 2.30. The van der Waals surface area contributed by atoms with Crippen molar-refractivity contribution in [2.45, 2.75) is 32.1 Å². The monoisotopic (exact) mass is 218 g/mol. The molecule has 1 aromatic carbocycles. The topological polar surface area (TPSA) is 55.1 Å². The van der Waals surface area contributed by atoms with Crippen LogP contribution in [-0.4, -0.2) is 12.5 Å². The number of nitrogens with one attached hydrogen (secondary N) is 1. The summed E-state index contributed by atoms with van der Waals surface area (Å²) in [7, 11) is 0. The van der Waals surface area contributed by atoms with Crippen LogP contribution in [0.5, 0.6) is 0 Å². The molecule has 1 amide bonds. The van der Waals surface area contributed by atoms with Crippen LogP contribution in [0.15, 0.2) is 18.2 Å². The van der Waals surface area contributed by atoms with Crippen LogP contribution in [0.25, 0.3) is 0 Å². The number of benzene rings is 1. The number of fused-ring (bicyclic) bond motifs is 1. The fourth-order valence-corrected chi connectivity index (χ4v) is 2.14. The van der Waals surface area contributed by atoms with Gasteiger partial charge in [-0.15, -0.1) is 0 Å². The molecule has 1 heterocycles. The van der Waals surface area contributed by atoms with Gasteiger partial charge >= 0.3 is 0 Å². The van der Waals surface area contributed by atoms with E-state index in [9.17, 15) is 4.79 Å². The van der Waals surface area contributed by atoms with E-state index in [0.29, 0.717) is 6.42 Å². The molecule has 0 saturated heterocycles. The van der Waals surface area contributed by atoms with E-state index in [1.807, 2.05) is 0 Å². The summed E-state index contributed by atoms with van der Waals surface area (Å²) in [5, 5.41) is 2.99. The lowest BCUT2D eigenvalue weighted by atomic mass is 9.96. The molecule has 16 heavy (non-hydrogen) atoms. The largest absolute Gasteiger partial charge is 0.330 e. The van der Waals surface area contributed by atoms with Crippen LogP contribution in [0.2, 0.25) is 0 Å². The summed E-state index contributed by atoms with van der Waals surface area (Å²) in [5.41, 5.74) is 9.05. The third-order valence-corrected chi connectivity index (χ3v) is 3.02. The first-order valence-corrected chi connectivity index (χ1v) is 5.92. The van der Waals surface area contributed by atoms with Crippen LogP contribution in [-0.2, 0) is 17.6 Å². The van der Waals surface area contributed by atoms with E-state index in [2.05, 4.69) is 23.5 Å². The first kappa shape index (κ1) is 11.1. The van der Waals surface area contributed by atoms with Gasteiger partial charge in [-0.3, -0.25) is 4.79 Å². The molecule has 1 aliphatic heterocycles. The molecule has 0 atom stereocenters. The van der Waals surface area contributed by atoms with Crippen LogP contribution >= 0.6 is 0 Å². The molecule has 1 aromatic rings. The standard InChI is InChI=1S/C13H18N2O/c14-9-2-1-4-10-5-3-6-11-7-8-12(16)15-13(10)11/h3,5-6H,1-2,4,7-9,14H2,(H,15,16). The van der Waals surface area contributed by atoms with Gasteiger partial charge in [-0.1, -0.05) is 18.2 Å². The second-order valence-corrected chi connectivity index (χ2v) is 4.25. The van der Waals surface area contributed by atoms with Crippen molar-refractivity contribution in [1.29, 1.82) is 0 Å². The molecule has 0 unspecified atom stereocenters. The molecular formula is C13H18N2O. The quantitative estimate of drug-likeness (QED) is 0.758. The van der Waals surface area contributed by atoms with E-state index in [0.717, 1.165) is 37.9 Å². The first-order chi connectivity index (χ1) is 7.81. The molecule has 0 aliphatic carbocycles. The van der Waals surface area contributed by atoms with Crippen molar-refractivity contribution in [2.75, 3.05) is 11.9 Å². The van der Waals surface area contributed by atoms with Gasteiger partial charge in [-0.05, 0) is 43.4 Å².